The van der Waals surface area contributed by atoms with Crippen molar-refractivity contribution in [3.05, 3.63) is 24.3 Å². The van der Waals surface area contributed by atoms with Crippen LogP contribution in [0.15, 0.2) is 24.3 Å². The first-order valence-corrected chi connectivity index (χ1v) is 8.22. The Hall–Kier alpha value is -1.05. The van der Waals surface area contributed by atoms with Crippen LogP contribution in [0.25, 0.3) is 0 Å². The molecule has 0 rings (SSSR count). The minimum absolute atomic E-state index is 0.191. The Balaban J connectivity index is 3.20. The molecule has 0 aromatic rings. The second-order valence-electron chi connectivity index (χ2n) is 5.25. The molecule has 0 atom stereocenters. The van der Waals surface area contributed by atoms with Crippen LogP contribution in [0.3, 0.4) is 0 Å². The molecule has 20 heavy (non-hydrogen) atoms. The molecular weight excluding hydrogens is 248 g/mol. The zero-order valence-electron chi connectivity index (χ0n) is 13.4. The molecule has 0 aliphatic carbocycles. The number of hydrogen-bond acceptors (Lipinski definition) is 2. The summed E-state index contributed by atoms with van der Waals surface area (Å²) in [4.78, 5) is 10.5. The van der Waals surface area contributed by atoms with Gasteiger partial charge in [0.25, 0.3) is 0 Å². The van der Waals surface area contributed by atoms with E-state index in [9.17, 15) is 4.79 Å². The molecule has 0 aliphatic rings. The summed E-state index contributed by atoms with van der Waals surface area (Å²) in [6, 6.07) is 0. The van der Waals surface area contributed by atoms with Crippen molar-refractivity contribution in [2.45, 2.75) is 78.1 Å². The largest absolute Gasteiger partial charge is 0.466 e. The van der Waals surface area contributed by atoms with Gasteiger partial charge in [0.1, 0.15) is 0 Å². The molecule has 0 fully saturated rings. The molecule has 0 bridgehead atoms. The van der Waals surface area contributed by atoms with E-state index in [4.69, 9.17) is 4.74 Å². The standard InChI is InChI=1S/C18H32O2/c1-3-4-5-6-7-8-9-10-11-12-13-14-15-16-17-20-18(2)19/h11-14H,3-10,15-17H2,1-2H3/b12-11+,14-13+. The van der Waals surface area contributed by atoms with Crippen molar-refractivity contribution in [1.29, 1.82) is 0 Å². The Kier molecular flexibility index (Phi) is 15.2. The van der Waals surface area contributed by atoms with Crippen LogP contribution < -0.4 is 0 Å². The molecule has 2 heteroatoms. The summed E-state index contributed by atoms with van der Waals surface area (Å²) in [5.74, 6) is -0.191. The fourth-order valence-corrected chi connectivity index (χ4v) is 1.99. The molecule has 0 aliphatic heterocycles. The smallest absolute Gasteiger partial charge is 0.302 e. The molecule has 0 N–H and O–H groups in total. The maximum atomic E-state index is 10.5. The van der Waals surface area contributed by atoms with Crippen molar-refractivity contribution in [1.82, 2.24) is 0 Å². The lowest BCUT2D eigenvalue weighted by Gasteiger charge is -1.98. The van der Waals surface area contributed by atoms with E-state index in [0.717, 1.165) is 12.8 Å². The summed E-state index contributed by atoms with van der Waals surface area (Å²) in [5.41, 5.74) is 0. The van der Waals surface area contributed by atoms with E-state index >= 15 is 0 Å². The third kappa shape index (κ3) is 16.9. The Morgan fingerprint density at radius 3 is 2.00 bits per heavy atom. The van der Waals surface area contributed by atoms with E-state index < -0.39 is 0 Å². The highest BCUT2D eigenvalue weighted by Gasteiger charge is 1.90. The van der Waals surface area contributed by atoms with Crippen molar-refractivity contribution in [2.75, 3.05) is 6.61 Å². The molecule has 116 valence electrons. The average molecular weight is 280 g/mol. The van der Waals surface area contributed by atoms with Gasteiger partial charge in [-0.1, -0.05) is 69.8 Å². The molecule has 0 amide bonds. The van der Waals surface area contributed by atoms with Gasteiger partial charge >= 0.3 is 5.97 Å². The van der Waals surface area contributed by atoms with Gasteiger partial charge in [0.15, 0.2) is 0 Å². The van der Waals surface area contributed by atoms with E-state index in [2.05, 4.69) is 31.2 Å². The van der Waals surface area contributed by atoms with Crippen LogP contribution in [-0.2, 0) is 9.53 Å². The predicted molar refractivity (Wildman–Crippen MR) is 86.8 cm³/mol. The molecule has 0 saturated heterocycles. The number of hydrogen-bond donors (Lipinski definition) is 0. The monoisotopic (exact) mass is 280 g/mol. The van der Waals surface area contributed by atoms with E-state index in [1.54, 1.807) is 0 Å². The number of esters is 1. The Labute approximate surface area is 125 Å². The van der Waals surface area contributed by atoms with Gasteiger partial charge in [0.05, 0.1) is 6.61 Å². The number of ether oxygens (including phenoxy) is 1. The minimum atomic E-state index is -0.191. The van der Waals surface area contributed by atoms with Crippen molar-refractivity contribution in [3.63, 3.8) is 0 Å². The van der Waals surface area contributed by atoms with Crippen LogP contribution in [0.5, 0.6) is 0 Å². The lowest BCUT2D eigenvalue weighted by Crippen LogP contribution is -1.99. The zero-order valence-corrected chi connectivity index (χ0v) is 13.4. The quantitative estimate of drug-likeness (QED) is 0.250. The Bertz CT molecular complexity index is 267. The number of rotatable bonds is 13. The zero-order chi connectivity index (χ0) is 14.9. The molecule has 0 saturated carbocycles. The van der Waals surface area contributed by atoms with E-state index in [-0.39, 0.29) is 5.97 Å². The first-order valence-electron chi connectivity index (χ1n) is 8.22. The number of carbonyl (C=O) groups excluding carboxylic acids is 1. The van der Waals surface area contributed by atoms with Gasteiger partial charge in [0, 0.05) is 6.92 Å². The summed E-state index contributed by atoms with van der Waals surface area (Å²) >= 11 is 0. The van der Waals surface area contributed by atoms with Crippen LogP contribution in [0.4, 0.5) is 0 Å². The van der Waals surface area contributed by atoms with Crippen molar-refractivity contribution < 1.29 is 9.53 Å². The highest BCUT2D eigenvalue weighted by atomic mass is 16.5. The van der Waals surface area contributed by atoms with Crippen LogP contribution >= 0.6 is 0 Å². The van der Waals surface area contributed by atoms with Crippen LogP contribution in [0, 0.1) is 0 Å². The van der Waals surface area contributed by atoms with E-state index in [1.807, 2.05) is 0 Å². The molecule has 0 aromatic heterocycles. The summed E-state index contributed by atoms with van der Waals surface area (Å²) in [7, 11) is 0. The first-order chi connectivity index (χ1) is 9.77. The van der Waals surface area contributed by atoms with E-state index in [0.29, 0.717) is 6.61 Å². The minimum Gasteiger partial charge on any atom is -0.466 e. The third-order valence-corrected chi connectivity index (χ3v) is 3.18. The van der Waals surface area contributed by atoms with Gasteiger partial charge in [-0.3, -0.25) is 4.79 Å². The van der Waals surface area contributed by atoms with E-state index in [1.165, 1.54) is 58.3 Å². The Morgan fingerprint density at radius 2 is 1.40 bits per heavy atom. The molecule has 0 heterocycles. The number of unbranched alkanes of at least 4 members (excludes halogenated alkanes) is 8. The molecule has 0 radical (unpaired) electrons. The Morgan fingerprint density at radius 1 is 0.850 bits per heavy atom. The average Bonchev–Trinajstić information content (AvgIpc) is 2.43. The first kappa shape index (κ1) is 18.9. The molecule has 0 unspecified atom stereocenters. The third-order valence-electron chi connectivity index (χ3n) is 3.18. The maximum absolute atomic E-state index is 10.5. The lowest BCUT2D eigenvalue weighted by molar-refractivity contribution is -0.141. The SMILES string of the molecule is CCCCCCCCC/C=C/C=C/CCCOC(C)=O. The molecular formula is C18H32O2. The normalized spacial score (nSPS) is 11.5. The molecule has 0 spiro atoms. The van der Waals surface area contributed by atoms with Crippen LogP contribution in [0.2, 0.25) is 0 Å². The fourth-order valence-electron chi connectivity index (χ4n) is 1.99. The lowest BCUT2D eigenvalue weighted by atomic mass is 10.1. The molecule has 2 nitrogen and oxygen atoms in total. The van der Waals surface area contributed by atoms with Crippen molar-refractivity contribution in [2.24, 2.45) is 0 Å². The summed E-state index contributed by atoms with van der Waals surface area (Å²) < 4.78 is 4.86. The maximum Gasteiger partial charge on any atom is 0.302 e. The van der Waals surface area contributed by atoms with Gasteiger partial charge < -0.3 is 4.74 Å². The number of carbonyl (C=O) groups is 1. The summed E-state index contributed by atoms with van der Waals surface area (Å²) in [6.07, 6.45) is 21.2. The topological polar surface area (TPSA) is 26.3 Å². The van der Waals surface area contributed by atoms with Crippen molar-refractivity contribution in [3.8, 4) is 0 Å². The van der Waals surface area contributed by atoms with Gasteiger partial charge in [0.2, 0.25) is 0 Å². The van der Waals surface area contributed by atoms with Gasteiger partial charge in [-0.15, -0.1) is 0 Å². The fraction of sp³-hybridized carbons (Fsp3) is 0.722. The highest BCUT2D eigenvalue weighted by Crippen LogP contribution is 2.08. The van der Waals surface area contributed by atoms with Crippen molar-refractivity contribution >= 4 is 5.97 Å². The van der Waals surface area contributed by atoms with Crippen LogP contribution in [-0.4, -0.2) is 12.6 Å². The second kappa shape index (κ2) is 16.0. The summed E-state index contributed by atoms with van der Waals surface area (Å²) in [6.45, 7) is 4.23. The predicted octanol–water partition coefficient (Wildman–Crippen LogP) is 5.58. The number of allylic oxidation sites excluding steroid dienone is 4. The van der Waals surface area contributed by atoms with Gasteiger partial charge in [-0.05, 0) is 25.7 Å². The van der Waals surface area contributed by atoms with Crippen LogP contribution in [0.1, 0.15) is 78.1 Å². The van der Waals surface area contributed by atoms with Gasteiger partial charge in [-0.2, -0.15) is 0 Å². The summed E-state index contributed by atoms with van der Waals surface area (Å²) in [5, 5.41) is 0. The van der Waals surface area contributed by atoms with Gasteiger partial charge in [-0.25, -0.2) is 0 Å². The molecule has 0 aromatic carbocycles. The second-order valence-corrected chi connectivity index (χ2v) is 5.25. The highest BCUT2D eigenvalue weighted by molar-refractivity contribution is 5.65.